The summed E-state index contributed by atoms with van der Waals surface area (Å²) in [5.41, 5.74) is 1.27. The van der Waals surface area contributed by atoms with Crippen LogP contribution in [0, 0.1) is 0 Å². The zero-order chi connectivity index (χ0) is 14.3. The van der Waals surface area contributed by atoms with Gasteiger partial charge in [0.05, 0.1) is 6.10 Å². The molecule has 6 nitrogen and oxygen atoms in total. The molecule has 1 aliphatic rings. The molecule has 0 spiro atoms. The summed E-state index contributed by atoms with van der Waals surface area (Å²) < 4.78 is 0. The van der Waals surface area contributed by atoms with Crippen LogP contribution in [0.25, 0.3) is 10.9 Å². The largest absolute Gasteiger partial charge is 0.480 e. The summed E-state index contributed by atoms with van der Waals surface area (Å²) in [6.07, 6.45) is 1.02. The fourth-order valence-electron chi connectivity index (χ4n) is 2.70. The highest BCUT2D eigenvalue weighted by atomic mass is 16.4. The number of aliphatic hydroxyl groups excluding tert-OH is 1. The normalized spacial score (nSPS) is 22.4. The van der Waals surface area contributed by atoms with Crippen molar-refractivity contribution in [1.29, 1.82) is 0 Å². The van der Waals surface area contributed by atoms with E-state index in [0.29, 0.717) is 5.56 Å². The molecule has 2 atom stereocenters. The number of nitrogens with one attached hydrogen (secondary N) is 1. The van der Waals surface area contributed by atoms with Crippen LogP contribution >= 0.6 is 0 Å². The molecular formula is C14H14N2O4. The molecule has 1 saturated heterocycles. The molecular weight excluding hydrogens is 260 g/mol. The Kier molecular flexibility index (Phi) is 2.94. The van der Waals surface area contributed by atoms with E-state index in [1.807, 2.05) is 6.07 Å². The smallest absolute Gasteiger partial charge is 0.326 e. The monoisotopic (exact) mass is 274 g/mol. The topological polar surface area (TPSA) is 93.6 Å². The predicted molar refractivity (Wildman–Crippen MR) is 71.4 cm³/mol. The molecule has 6 heteroatoms. The van der Waals surface area contributed by atoms with Crippen molar-refractivity contribution in [2.45, 2.75) is 18.6 Å². The van der Waals surface area contributed by atoms with Crippen molar-refractivity contribution in [2.24, 2.45) is 0 Å². The van der Waals surface area contributed by atoms with Gasteiger partial charge in [-0.1, -0.05) is 6.07 Å². The van der Waals surface area contributed by atoms with E-state index in [9.17, 15) is 14.7 Å². The first-order valence-corrected chi connectivity index (χ1v) is 6.36. The second kappa shape index (κ2) is 4.64. The first-order chi connectivity index (χ1) is 9.58. The lowest BCUT2D eigenvalue weighted by Crippen LogP contribution is -2.40. The van der Waals surface area contributed by atoms with Crippen LogP contribution in [-0.4, -0.2) is 50.7 Å². The van der Waals surface area contributed by atoms with Crippen LogP contribution < -0.4 is 0 Å². The first kappa shape index (κ1) is 12.7. The third-order valence-corrected chi connectivity index (χ3v) is 3.65. The summed E-state index contributed by atoms with van der Waals surface area (Å²) in [5, 5.41) is 19.5. The number of amides is 1. The summed E-state index contributed by atoms with van der Waals surface area (Å²) in [5.74, 6) is -1.45. The highest BCUT2D eigenvalue weighted by molar-refractivity contribution is 6.07. The number of H-pyrrole nitrogens is 1. The Morgan fingerprint density at radius 2 is 2.10 bits per heavy atom. The Morgan fingerprint density at radius 3 is 2.85 bits per heavy atom. The van der Waals surface area contributed by atoms with E-state index in [1.54, 1.807) is 24.4 Å². The lowest BCUT2D eigenvalue weighted by atomic mass is 10.1. The number of β-amino-alcohol motifs (C(OH)–C–C–N with tert-alkyl or cyclic N) is 1. The number of aromatic nitrogens is 1. The van der Waals surface area contributed by atoms with Crippen LogP contribution in [0.4, 0.5) is 0 Å². The van der Waals surface area contributed by atoms with Gasteiger partial charge in [-0.25, -0.2) is 4.79 Å². The molecule has 0 radical (unpaired) electrons. The van der Waals surface area contributed by atoms with Crippen molar-refractivity contribution in [3.63, 3.8) is 0 Å². The molecule has 1 fully saturated rings. The van der Waals surface area contributed by atoms with E-state index < -0.39 is 18.1 Å². The summed E-state index contributed by atoms with van der Waals surface area (Å²) in [6, 6.07) is 6.08. The second-order valence-electron chi connectivity index (χ2n) is 4.95. The Hall–Kier alpha value is -2.34. The molecule has 20 heavy (non-hydrogen) atoms. The number of likely N-dealkylation sites (tertiary alicyclic amines) is 1. The van der Waals surface area contributed by atoms with Gasteiger partial charge in [-0.15, -0.1) is 0 Å². The summed E-state index contributed by atoms with van der Waals surface area (Å²) in [6.45, 7) is 0.0522. The molecule has 1 aromatic heterocycles. The SMILES string of the molecule is O=C(O)[C@@H]1C[C@@H](O)CN1C(=O)c1cccc2[nH]ccc12. The molecule has 104 valence electrons. The lowest BCUT2D eigenvalue weighted by Gasteiger charge is -2.21. The summed E-state index contributed by atoms with van der Waals surface area (Å²) in [4.78, 5) is 28.0. The van der Waals surface area contributed by atoms with E-state index in [4.69, 9.17) is 5.11 Å². The molecule has 0 unspecified atom stereocenters. The number of aliphatic hydroxyl groups is 1. The Labute approximate surface area is 114 Å². The minimum Gasteiger partial charge on any atom is -0.480 e. The molecule has 0 aliphatic carbocycles. The first-order valence-electron chi connectivity index (χ1n) is 6.36. The molecule has 1 aliphatic heterocycles. The fourth-order valence-corrected chi connectivity index (χ4v) is 2.70. The molecule has 3 N–H and O–H groups in total. The van der Waals surface area contributed by atoms with E-state index in [0.717, 1.165) is 10.9 Å². The van der Waals surface area contributed by atoms with Crippen LogP contribution in [0.15, 0.2) is 30.5 Å². The Bertz CT molecular complexity index is 679. The van der Waals surface area contributed by atoms with Crippen LogP contribution in [0.2, 0.25) is 0 Å². The number of hydrogen-bond donors (Lipinski definition) is 3. The molecule has 3 rings (SSSR count). The van der Waals surface area contributed by atoms with Gasteiger partial charge in [0.25, 0.3) is 5.91 Å². The van der Waals surface area contributed by atoms with Crippen LogP contribution in [-0.2, 0) is 4.79 Å². The van der Waals surface area contributed by atoms with Crippen molar-refractivity contribution < 1.29 is 19.8 Å². The van der Waals surface area contributed by atoms with Gasteiger partial charge in [0.1, 0.15) is 6.04 Å². The number of benzene rings is 1. The maximum absolute atomic E-state index is 12.6. The highest BCUT2D eigenvalue weighted by Crippen LogP contribution is 2.24. The van der Waals surface area contributed by atoms with E-state index >= 15 is 0 Å². The minimum absolute atomic E-state index is 0.0522. The van der Waals surface area contributed by atoms with Crippen molar-refractivity contribution in [3.8, 4) is 0 Å². The van der Waals surface area contributed by atoms with Crippen molar-refractivity contribution in [3.05, 3.63) is 36.0 Å². The van der Waals surface area contributed by atoms with E-state index in [2.05, 4.69) is 4.98 Å². The van der Waals surface area contributed by atoms with Gasteiger partial charge in [0.15, 0.2) is 0 Å². The number of fused-ring (bicyclic) bond motifs is 1. The number of aliphatic carboxylic acids is 1. The van der Waals surface area contributed by atoms with Gasteiger partial charge in [0.2, 0.25) is 0 Å². The number of rotatable bonds is 2. The Morgan fingerprint density at radius 1 is 1.30 bits per heavy atom. The summed E-state index contributed by atoms with van der Waals surface area (Å²) >= 11 is 0. The predicted octanol–water partition coefficient (Wildman–Crippen LogP) is 0.828. The number of carbonyl (C=O) groups is 2. The van der Waals surface area contributed by atoms with Crippen molar-refractivity contribution in [1.82, 2.24) is 9.88 Å². The lowest BCUT2D eigenvalue weighted by molar-refractivity contribution is -0.141. The molecule has 0 saturated carbocycles. The van der Waals surface area contributed by atoms with Gasteiger partial charge in [0, 0.05) is 35.6 Å². The van der Waals surface area contributed by atoms with Crippen molar-refractivity contribution in [2.75, 3.05) is 6.54 Å². The summed E-state index contributed by atoms with van der Waals surface area (Å²) in [7, 11) is 0. The van der Waals surface area contributed by atoms with E-state index in [-0.39, 0.29) is 18.9 Å². The van der Waals surface area contributed by atoms with Gasteiger partial charge in [-0.3, -0.25) is 4.79 Å². The minimum atomic E-state index is -1.09. The molecule has 1 amide bonds. The van der Waals surface area contributed by atoms with E-state index in [1.165, 1.54) is 4.90 Å². The fraction of sp³-hybridized carbons (Fsp3) is 0.286. The molecule has 2 aromatic rings. The standard InChI is InChI=1S/C14H14N2O4/c17-8-6-12(14(19)20)16(7-8)13(18)10-2-1-3-11-9(10)4-5-15-11/h1-5,8,12,15,17H,6-7H2,(H,19,20)/t8-,12+/m1/s1. The number of carboxylic acids is 1. The van der Waals surface area contributed by atoms with Crippen LogP contribution in [0.5, 0.6) is 0 Å². The van der Waals surface area contributed by atoms with Gasteiger partial charge < -0.3 is 20.1 Å². The number of nitrogens with zero attached hydrogens (tertiary/aromatic N) is 1. The molecule has 2 heterocycles. The quantitative estimate of drug-likeness (QED) is 0.756. The van der Waals surface area contributed by atoms with Crippen molar-refractivity contribution >= 4 is 22.8 Å². The number of carboxylic acid groups (broad SMARTS) is 1. The van der Waals surface area contributed by atoms with Gasteiger partial charge >= 0.3 is 5.97 Å². The Balaban J connectivity index is 2.00. The number of hydrogen-bond acceptors (Lipinski definition) is 3. The zero-order valence-electron chi connectivity index (χ0n) is 10.6. The van der Waals surface area contributed by atoms with Gasteiger partial charge in [-0.05, 0) is 18.2 Å². The average molecular weight is 274 g/mol. The number of carbonyl (C=O) groups excluding carboxylic acids is 1. The zero-order valence-corrected chi connectivity index (χ0v) is 10.6. The third-order valence-electron chi connectivity index (χ3n) is 3.65. The average Bonchev–Trinajstić information content (AvgIpc) is 3.03. The third kappa shape index (κ3) is 1.94. The second-order valence-corrected chi connectivity index (χ2v) is 4.95. The van der Waals surface area contributed by atoms with Crippen LogP contribution in [0.3, 0.4) is 0 Å². The molecule has 0 bridgehead atoms. The maximum Gasteiger partial charge on any atom is 0.326 e. The molecule has 1 aromatic carbocycles. The van der Waals surface area contributed by atoms with Crippen LogP contribution in [0.1, 0.15) is 16.8 Å². The maximum atomic E-state index is 12.6. The van der Waals surface area contributed by atoms with Gasteiger partial charge in [-0.2, -0.15) is 0 Å². The number of aromatic amines is 1. The highest BCUT2D eigenvalue weighted by Gasteiger charge is 2.39.